The van der Waals surface area contributed by atoms with E-state index in [0.717, 1.165) is 6.54 Å². The summed E-state index contributed by atoms with van der Waals surface area (Å²) in [7, 11) is 2.78. The molecule has 0 spiro atoms. The molecule has 0 bridgehead atoms. The van der Waals surface area contributed by atoms with Crippen LogP contribution in [0.3, 0.4) is 0 Å². The van der Waals surface area contributed by atoms with E-state index < -0.39 is 12.1 Å². The van der Waals surface area contributed by atoms with E-state index in [1.165, 1.54) is 20.3 Å². The van der Waals surface area contributed by atoms with Gasteiger partial charge in [-0.1, -0.05) is 6.92 Å². The summed E-state index contributed by atoms with van der Waals surface area (Å²) < 4.78 is 15.4. The zero-order valence-corrected chi connectivity index (χ0v) is 13.8. The maximum absolute atomic E-state index is 11.5. The van der Waals surface area contributed by atoms with Crippen molar-refractivity contribution in [2.75, 3.05) is 47.1 Å². The van der Waals surface area contributed by atoms with Crippen molar-refractivity contribution in [1.29, 1.82) is 0 Å². The lowest BCUT2D eigenvalue weighted by atomic mass is 10.2. The van der Waals surface area contributed by atoms with Crippen LogP contribution in [-0.4, -0.2) is 74.3 Å². The number of nitrogens with zero attached hydrogens (tertiary/aromatic N) is 1. The Hall–Kier alpha value is -1.83. The van der Waals surface area contributed by atoms with E-state index in [1.807, 2.05) is 11.8 Å². The summed E-state index contributed by atoms with van der Waals surface area (Å²) in [6.07, 6.45) is -0.702. The number of carbonyl (C=O) groups is 1. The average molecular weight is 327 g/mol. The zero-order chi connectivity index (χ0) is 17.2. The molecule has 0 aliphatic rings. The van der Waals surface area contributed by atoms with Crippen LogP contribution >= 0.6 is 0 Å². The fraction of sp³-hybridized carbons (Fsp3) is 0.562. The van der Waals surface area contributed by atoms with Crippen molar-refractivity contribution >= 4 is 5.97 Å². The summed E-state index contributed by atoms with van der Waals surface area (Å²) >= 11 is 0. The second-order valence-corrected chi connectivity index (χ2v) is 4.94. The minimum atomic E-state index is -0.702. The van der Waals surface area contributed by atoms with E-state index in [-0.39, 0.29) is 13.2 Å². The van der Waals surface area contributed by atoms with E-state index in [9.17, 15) is 9.90 Å². The van der Waals surface area contributed by atoms with Crippen LogP contribution in [0.2, 0.25) is 0 Å². The first-order valence-corrected chi connectivity index (χ1v) is 7.46. The molecule has 7 heteroatoms. The molecule has 1 rings (SSSR count). The molecule has 0 unspecified atom stereocenters. The molecule has 0 heterocycles. The van der Waals surface area contributed by atoms with Gasteiger partial charge in [0.05, 0.1) is 26.4 Å². The monoisotopic (exact) mass is 327 g/mol. The van der Waals surface area contributed by atoms with E-state index >= 15 is 0 Å². The normalized spacial score (nSPS) is 12.1. The van der Waals surface area contributed by atoms with Gasteiger partial charge < -0.3 is 24.4 Å². The maximum Gasteiger partial charge on any atom is 0.337 e. The standard InChI is InChI=1S/C16H25NO6/c1-4-17(7-8-18)10-13(19)11-23-14-6-5-12(16(20)22-3)9-15(14)21-2/h5-6,9,13,18-19H,4,7-8,10-11H2,1-3H3/t13-/m0/s1. The second kappa shape index (κ2) is 10.0. The van der Waals surface area contributed by atoms with Gasteiger partial charge in [0.25, 0.3) is 0 Å². The van der Waals surface area contributed by atoms with Gasteiger partial charge in [0, 0.05) is 13.1 Å². The summed E-state index contributed by atoms with van der Waals surface area (Å²) in [6.45, 7) is 3.72. The molecule has 1 aromatic carbocycles. The Morgan fingerprint density at radius 3 is 2.61 bits per heavy atom. The maximum atomic E-state index is 11.5. The molecular weight excluding hydrogens is 302 g/mol. The largest absolute Gasteiger partial charge is 0.493 e. The minimum absolute atomic E-state index is 0.0459. The van der Waals surface area contributed by atoms with Gasteiger partial charge in [-0.3, -0.25) is 4.90 Å². The lowest BCUT2D eigenvalue weighted by Gasteiger charge is -2.23. The van der Waals surface area contributed by atoms with Gasteiger partial charge in [0.2, 0.25) is 0 Å². The Bertz CT molecular complexity index is 493. The number of hydrogen-bond donors (Lipinski definition) is 2. The molecule has 0 fully saturated rings. The number of methoxy groups -OCH3 is 2. The van der Waals surface area contributed by atoms with Crippen molar-refractivity contribution in [3.63, 3.8) is 0 Å². The third-order valence-corrected chi connectivity index (χ3v) is 3.35. The number of carbonyl (C=O) groups excluding carboxylic acids is 1. The SMILES string of the molecule is CCN(CCO)C[C@H](O)COc1ccc(C(=O)OC)cc1OC. The third kappa shape index (κ3) is 6.05. The number of benzene rings is 1. The second-order valence-electron chi connectivity index (χ2n) is 4.94. The molecule has 0 aliphatic carbocycles. The fourth-order valence-electron chi connectivity index (χ4n) is 2.09. The quantitative estimate of drug-likeness (QED) is 0.606. The van der Waals surface area contributed by atoms with E-state index in [0.29, 0.717) is 30.2 Å². The Morgan fingerprint density at radius 1 is 1.30 bits per heavy atom. The van der Waals surface area contributed by atoms with Gasteiger partial charge in [-0.25, -0.2) is 4.79 Å². The van der Waals surface area contributed by atoms with Crippen molar-refractivity contribution < 1.29 is 29.2 Å². The van der Waals surface area contributed by atoms with Gasteiger partial charge in [-0.05, 0) is 24.7 Å². The average Bonchev–Trinajstić information content (AvgIpc) is 2.58. The summed E-state index contributed by atoms with van der Waals surface area (Å²) in [6, 6.07) is 4.70. The van der Waals surface area contributed by atoms with Crippen LogP contribution in [0.15, 0.2) is 18.2 Å². The highest BCUT2D eigenvalue weighted by Gasteiger charge is 2.14. The molecule has 7 nitrogen and oxygen atoms in total. The highest BCUT2D eigenvalue weighted by Crippen LogP contribution is 2.28. The number of likely N-dealkylation sites (N-methyl/N-ethyl adjacent to an activating group) is 1. The number of aliphatic hydroxyl groups is 2. The summed E-state index contributed by atoms with van der Waals surface area (Å²) in [5, 5.41) is 19.0. The van der Waals surface area contributed by atoms with Crippen LogP contribution in [0.5, 0.6) is 11.5 Å². The predicted molar refractivity (Wildman–Crippen MR) is 85.0 cm³/mol. The van der Waals surface area contributed by atoms with Gasteiger partial charge in [0.15, 0.2) is 11.5 Å². The van der Waals surface area contributed by atoms with Crippen molar-refractivity contribution in [3.05, 3.63) is 23.8 Å². The van der Waals surface area contributed by atoms with Crippen LogP contribution in [0, 0.1) is 0 Å². The van der Waals surface area contributed by atoms with E-state index in [2.05, 4.69) is 4.74 Å². The highest BCUT2D eigenvalue weighted by molar-refractivity contribution is 5.90. The molecule has 1 atom stereocenters. The number of esters is 1. The van der Waals surface area contributed by atoms with E-state index in [1.54, 1.807) is 12.1 Å². The zero-order valence-electron chi connectivity index (χ0n) is 13.8. The lowest BCUT2D eigenvalue weighted by molar-refractivity contribution is 0.0595. The van der Waals surface area contributed by atoms with Crippen LogP contribution in [0.4, 0.5) is 0 Å². The minimum Gasteiger partial charge on any atom is -0.493 e. The topological polar surface area (TPSA) is 88.5 Å². The van der Waals surface area contributed by atoms with Crippen molar-refractivity contribution in [1.82, 2.24) is 4.90 Å². The number of rotatable bonds is 10. The fourth-order valence-corrected chi connectivity index (χ4v) is 2.09. The van der Waals surface area contributed by atoms with Crippen LogP contribution < -0.4 is 9.47 Å². The first-order chi connectivity index (χ1) is 11.0. The molecule has 0 aliphatic heterocycles. The molecule has 0 amide bonds. The van der Waals surface area contributed by atoms with Gasteiger partial charge in [-0.2, -0.15) is 0 Å². The Balaban J connectivity index is 2.64. The summed E-state index contributed by atoms with van der Waals surface area (Å²) in [5.74, 6) is 0.365. The van der Waals surface area contributed by atoms with Crippen LogP contribution in [0.1, 0.15) is 17.3 Å². The Labute approximate surface area is 136 Å². The molecule has 130 valence electrons. The van der Waals surface area contributed by atoms with Crippen molar-refractivity contribution in [3.8, 4) is 11.5 Å². The Morgan fingerprint density at radius 2 is 2.04 bits per heavy atom. The molecule has 0 saturated carbocycles. The molecule has 23 heavy (non-hydrogen) atoms. The van der Waals surface area contributed by atoms with Crippen molar-refractivity contribution in [2.24, 2.45) is 0 Å². The summed E-state index contributed by atoms with van der Waals surface area (Å²) in [5.41, 5.74) is 0.359. The smallest absolute Gasteiger partial charge is 0.337 e. The molecule has 1 aromatic rings. The van der Waals surface area contributed by atoms with Gasteiger partial charge in [0.1, 0.15) is 12.7 Å². The van der Waals surface area contributed by atoms with E-state index in [4.69, 9.17) is 14.6 Å². The van der Waals surface area contributed by atoms with Crippen LogP contribution in [0.25, 0.3) is 0 Å². The molecule has 0 aromatic heterocycles. The molecule has 2 N–H and O–H groups in total. The molecule has 0 radical (unpaired) electrons. The summed E-state index contributed by atoms with van der Waals surface area (Å²) in [4.78, 5) is 13.4. The van der Waals surface area contributed by atoms with Crippen LogP contribution in [-0.2, 0) is 4.74 Å². The van der Waals surface area contributed by atoms with Gasteiger partial charge >= 0.3 is 5.97 Å². The predicted octanol–water partition coefficient (Wildman–Crippen LogP) is 0.536. The van der Waals surface area contributed by atoms with Gasteiger partial charge in [-0.15, -0.1) is 0 Å². The first-order valence-electron chi connectivity index (χ1n) is 7.46. The molecular formula is C16H25NO6. The number of hydrogen-bond acceptors (Lipinski definition) is 7. The Kier molecular flexibility index (Phi) is 8.39. The lowest BCUT2D eigenvalue weighted by Crippen LogP contribution is -2.37. The number of ether oxygens (including phenoxy) is 3. The first kappa shape index (κ1) is 19.2. The number of aliphatic hydroxyl groups excluding tert-OH is 2. The third-order valence-electron chi connectivity index (χ3n) is 3.35. The van der Waals surface area contributed by atoms with Crippen molar-refractivity contribution in [2.45, 2.75) is 13.0 Å². The molecule has 0 saturated heterocycles. The highest BCUT2D eigenvalue weighted by atomic mass is 16.5.